The van der Waals surface area contributed by atoms with E-state index in [4.69, 9.17) is 17.3 Å². The highest BCUT2D eigenvalue weighted by Crippen LogP contribution is 2.33. The molecular weight excluding hydrogens is 212 g/mol. The van der Waals surface area contributed by atoms with Crippen molar-refractivity contribution in [1.82, 2.24) is 0 Å². The number of hydrogen-bond acceptors (Lipinski definition) is 2. The minimum Gasteiger partial charge on any atom is -0.330 e. The van der Waals surface area contributed by atoms with E-state index in [0.29, 0.717) is 18.0 Å². The van der Waals surface area contributed by atoms with E-state index in [1.165, 1.54) is 0 Å². The number of carbonyl (C=O) groups excluding carboxylic acids is 1. The molecule has 0 saturated carbocycles. The predicted octanol–water partition coefficient (Wildman–Crippen LogP) is 1.72. The number of fused-ring (bicyclic) bond motifs is 1. The minimum absolute atomic E-state index is 0.00429. The third-order valence-electron chi connectivity index (χ3n) is 2.82. The highest BCUT2D eigenvalue weighted by atomic mass is 35.5. The van der Waals surface area contributed by atoms with Gasteiger partial charge in [0.2, 0.25) is 5.91 Å². The number of nitrogens with two attached hydrogens (primary N) is 1. The molecule has 1 aromatic carbocycles. The molecule has 1 atom stereocenters. The summed E-state index contributed by atoms with van der Waals surface area (Å²) in [5, 5.41) is 3.57. The van der Waals surface area contributed by atoms with E-state index in [2.05, 4.69) is 5.32 Å². The zero-order valence-electron chi connectivity index (χ0n) is 8.51. The Morgan fingerprint density at radius 2 is 2.33 bits per heavy atom. The molecule has 0 aliphatic carbocycles. The lowest BCUT2D eigenvalue weighted by Gasteiger charge is -2.25. The summed E-state index contributed by atoms with van der Waals surface area (Å²) < 4.78 is 0. The Balaban J connectivity index is 2.48. The van der Waals surface area contributed by atoms with Crippen molar-refractivity contribution in [3.8, 4) is 0 Å². The van der Waals surface area contributed by atoms with E-state index in [-0.39, 0.29) is 11.8 Å². The number of nitrogens with one attached hydrogen (secondary N) is 1. The van der Waals surface area contributed by atoms with Gasteiger partial charge in [-0.1, -0.05) is 17.7 Å². The summed E-state index contributed by atoms with van der Waals surface area (Å²) in [7, 11) is 0. The highest BCUT2D eigenvalue weighted by molar-refractivity contribution is 6.32. The summed E-state index contributed by atoms with van der Waals surface area (Å²) in [6.45, 7) is 2.31. The summed E-state index contributed by atoms with van der Waals surface area (Å²) in [6, 6.07) is 3.77. The van der Waals surface area contributed by atoms with E-state index in [1.54, 1.807) is 0 Å². The molecule has 80 valence electrons. The molecule has 15 heavy (non-hydrogen) atoms. The van der Waals surface area contributed by atoms with Crippen LogP contribution in [0.25, 0.3) is 0 Å². The van der Waals surface area contributed by atoms with E-state index >= 15 is 0 Å². The molecule has 1 aliphatic heterocycles. The molecule has 0 radical (unpaired) electrons. The molecule has 2 rings (SSSR count). The average molecular weight is 225 g/mol. The second kappa shape index (κ2) is 3.83. The molecule has 1 amide bonds. The van der Waals surface area contributed by atoms with Crippen molar-refractivity contribution in [3.05, 3.63) is 28.3 Å². The number of anilines is 1. The van der Waals surface area contributed by atoms with Gasteiger partial charge in [-0.3, -0.25) is 4.79 Å². The van der Waals surface area contributed by atoms with Crippen LogP contribution in [0.5, 0.6) is 0 Å². The first kappa shape index (κ1) is 10.5. The number of benzene rings is 1. The van der Waals surface area contributed by atoms with Gasteiger partial charge in [-0.2, -0.15) is 0 Å². The lowest BCUT2D eigenvalue weighted by molar-refractivity contribution is -0.119. The van der Waals surface area contributed by atoms with Crippen LogP contribution in [0, 0.1) is 12.8 Å². The molecule has 0 saturated heterocycles. The van der Waals surface area contributed by atoms with Crippen LogP contribution in [-0.4, -0.2) is 12.5 Å². The Kier molecular flexibility index (Phi) is 2.67. The van der Waals surface area contributed by atoms with Crippen LogP contribution in [0.3, 0.4) is 0 Å². The maximum atomic E-state index is 11.6. The second-order valence-electron chi connectivity index (χ2n) is 3.84. The molecule has 0 bridgehead atoms. The Morgan fingerprint density at radius 1 is 1.60 bits per heavy atom. The quantitative estimate of drug-likeness (QED) is 0.763. The van der Waals surface area contributed by atoms with Crippen molar-refractivity contribution in [2.45, 2.75) is 13.3 Å². The maximum Gasteiger partial charge on any atom is 0.229 e. The van der Waals surface area contributed by atoms with Crippen molar-refractivity contribution in [2.24, 2.45) is 11.7 Å². The zero-order chi connectivity index (χ0) is 11.0. The molecule has 1 aromatic rings. The standard InChI is InChI=1S/C11H13ClN2O/c1-6-2-3-9(12)8-4-7(5-13)11(15)14-10(6)8/h2-3,7H,4-5,13H2,1H3,(H,14,15). The van der Waals surface area contributed by atoms with Gasteiger partial charge in [0, 0.05) is 17.3 Å². The summed E-state index contributed by atoms with van der Waals surface area (Å²) in [5.74, 6) is -0.160. The summed E-state index contributed by atoms with van der Waals surface area (Å²) in [4.78, 5) is 11.6. The van der Waals surface area contributed by atoms with Gasteiger partial charge < -0.3 is 11.1 Å². The molecule has 0 fully saturated rings. The lowest BCUT2D eigenvalue weighted by Crippen LogP contribution is -2.35. The smallest absolute Gasteiger partial charge is 0.229 e. The third-order valence-corrected chi connectivity index (χ3v) is 3.17. The van der Waals surface area contributed by atoms with Gasteiger partial charge in [-0.15, -0.1) is 0 Å². The van der Waals surface area contributed by atoms with Gasteiger partial charge >= 0.3 is 0 Å². The largest absolute Gasteiger partial charge is 0.330 e. The fourth-order valence-corrected chi connectivity index (χ4v) is 2.10. The number of carbonyl (C=O) groups is 1. The molecule has 0 aromatic heterocycles. The Morgan fingerprint density at radius 3 is 3.00 bits per heavy atom. The van der Waals surface area contributed by atoms with E-state index in [1.807, 2.05) is 19.1 Å². The van der Waals surface area contributed by atoms with Gasteiger partial charge in [-0.25, -0.2) is 0 Å². The topological polar surface area (TPSA) is 55.1 Å². The van der Waals surface area contributed by atoms with Crippen LogP contribution in [-0.2, 0) is 11.2 Å². The fraction of sp³-hybridized carbons (Fsp3) is 0.364. The monoisotopic (exact) mass is 224 g/mol. The van der Waals surface area contributed by atoms with Crippen molar-refractivity contribution >= 4 is 23.2 Å². The highest BCUT2D eigenvalue weighted by Gasteiger charge is 2.27. The fourth-order valence-electron chi connectivity index (χ4n) is 1.87. The van der Waals surface area contributed by atoms with Crippen molar-refractivity contribution in [1.29, 1.82) is 0 Å². The van der Waals surface area contributed by atoms with Crippen LogP contribution in [0.1, 0.15) is 11.1 Å². The number of halogens is 1. The van der Waals surface area contributed by atoms with E-state index in [0.717, 1.165) is 16.8 Å². The Hall–Kier alpha value is -1.06. The zero-order valence-corrected chi connectivity index (χ0v) is 9.27. The van der Waals surface area contributed by atoms with Gasteiger partial charge in [0.05, 0.1) is 5.92 Å². The normalized spacial score (nSPS) is 19.7. The van der Waals surface area contributed by atoms with E-state index < -0.39 is 0 Å². The van der Waals surface area contributed by atoms with Crippen molar-refractivity contribution < 1.29 is 4.79 Å². The van der Waals surface area contributed by atoms with Crippen molar-refractivity contribution in [3.63, 3.8) is 0 Å². The first-order chi connectivity index (χ1) is 7.13. The molecule has 1 unspecified atom stereocenters. The van der Waals surface area contributed by atoms with Gasteiger partial charge in [0.15, 0.2) is 0 Å². The summed E-state index contributed by atoms with van der Waals surface area (Å²) >= 11 is 6.09. The summed E-state index contributed by atoms with van der Waals surface area (Å²) in [6.07, 6.45) is 0.637. The van der Waals surface area contributed by atoms with Gasteiger partial charge in [0.1, 0.15) is 0 Å². The lowest BCUT2D eigenvalue weighted by atomic mass is 9.91. The molecular formula is C11H13ClN2O. The number of amides is 1. The van der Waals surface area contributed by atoms with Gasteiger partial charge in [-0.05, 0) is 30.5 Å². The molecule has 0 spiro atoms. The molecule has 1 heterocycles. The number of rotatable bonds is 1. The third kappa shape index (κ3) is 1.73. The predicted molar refractivity (Wildman–Crippen MR) is 61.1 cm³/mol. The second-order valence-corrected chi connectivity index (χ2v) is 4.25. The Labute approximate surface area is 93.6 Å². The minimum atomic E-state index is -0.156. The first-order valence-electron chi connectivity index (χ1n) is 4.92. The summed E-state index contributed by atoms with van der Waals surface area (Å²) in [5.41, 5.74) is 8.44. The number of aryl methyl sites for hydroxylation is 1. The van der Waals surface area contributed by atoms with Crippen LogP contribution < -0.4 is 11.1 Å². The molecule has 3 N–H and O–H groups in total. The van der Waals surface area contributed by atoms with Gasteiger partial charge in [0.25, 0.3) is 0 Å². The molecule has 4 heteroatoms. The first-order valence-corrected chi connectivity index (χ1v) is 5.30. The molecule has 1 aliphatic rings. The van der Waals surface area contributed by atoms with E-state index in [9.17, 15) is 4.79 Å². The van der Waals surface area contributed by atoms with Crippen LogP contribution in [0.15, 0.2) is 12.1 Å². The SMILES string of the molecule is Cc1ccc(Cl)c2c1NC(=O)C(CN)C2. The average Bonchev–Trinajstić information content (AvgIpc) is 2.23. The van der Waals surface area contributed by atoms with Crippen LogP contribution in [0.2, 0.25) is 5.02 Å². The Bertz CT molecular complexity index is 417. The number of hydrogen-bond donors (Lipinski definition) is 2. The van der Waals surface area contributed by atoms with Crippen LogP contribution >= 0.6 is 11.6 Å². The van der Waals surface area contributed by atoms with Crippen molar-refractivity contribution in [2.75, 3.05) is 11.9 Å². The van der Waals surface area contributed by atoms with Crippen LogP contribution in [0.4, 0.5) is 5.69 Å². The molecule has 3 nitrogen and oxygen atoms in total. The maximum absolute atomic E-state index is 11.6.